The molecular formula is C17H15N3O3S. The molecule has 0 fully saturated rings. The average Bonchev–Trinajstić information content (AvgIpc) is 3.27. The number of carboxylic acids is 1. The first-order valence-electron chi connectivity index (χ1n) is 7.59. The SMILES string of the molecule is O=C(O)c1c(-c2ccoc2)ncc2c1CCN(Cc1nccs1)C2. The summed E-state index contributed by atoms with van der Waals surface area (Å²) in [6.45, 7) is 2.28. The van der Waals surface area contributed by atoms with Crippen molar-refractivity contribution in [1.29, 1.82) is 0 Å². The van der Waals surface area contributed by atoms with E-state index in [1.165, 1.54) is 12.5 Å². The third-order valence-electron chi connectivity index (χ3n) is 4.20. The molecule has 0 aliphatic carbocycles. The molecular weight excluding hydrogens is 326 g/mol. The Kier molecular flexibility index (Phi) is 3.87. The minimum absolute atomic E-state index is 0.294. The molecule has 24 heavy (non-hydrogen) atoms. The zero-order valence-corrected chi connectivity index (χ0v) is 13.6. The molecule has 7 heteroatoms. The van der Waals surface area contributed by atoms with Gasteiger partial charge < -0.3 is 9.52 Å². The molecule has 0 bridgehead atoms. The van der Waals surface area contributed by atoms with Crippen LogP contribution in [0.25, 0.3) is 11.3 Å². The molecule has 6 nitrogen and oxygen atoms in total. The second-order valence-corrected chi connectivity index (χ2v) is 6.67. The van der Waals surface area contributed by atoms with E-state index in [0.717, 1.165) is 29.2 Å². The first-order valence-corrected chi connectivity index (χ1v) is 8.47. The van der Waals surface area contributed by atoms with Crippen molar-refractivity contribution in [2.45, 2.75) is 19.5 Å². The Labute approximate surface area is 142 Å². The van der Waals surface area contributed by atoms with E-state index in [2.05, 4.69) is 14.9 Å². The number of carboxylic acid groups (broad SMARTS) is 1. The van der Waals surface area contributed by atoms with E-state index >= 15 is 0 Å². The lowest BCUT2D eigenvalue weighted by molar-refractivity contribution is 0.0695. The van der Waals surface area contributed by atoms with Crippen LogP contribution < -0.4 is 0 Å². The summed E-state index contributed by atoms with van der Waals surface area (Å²) >= 11 is 1.63. The van der Waals surface area contributed by atoms with Crippen LogP contribution in [-0.4, -0.2) is 32.5 Å². The summed E-state index contributed by atoms with van der Waals surface area (Å²) in [5.74, 6) is -0.941. The summed E-state index contributed by atoms with van der Waals surface area (Å²) in [6, 6.07) is 1.73. The molecule has 122 valence electrons. The van der Waals surface area contributed by atoms with Crippen LogP contribution in [0.15, 0.2) is 40.8 Å². The molecule has 1 N–H and O–H groups in total. The predicted octanol–water partition coefficient (Wildman–Crippen LogP) is 3.05. The van der Waals surface area contributed by atoms with Gasteiger partial charge in [0.05, 0.1) is 30.3 Å². The first-order chi connectivity index (χ1) is 11.7. The van der Waals surface area contributed by atoms with Crippen LogP contribution in [0.2, 0.25) is 0 Å². The molecule has 0 spiro atoms. The van der Waals surface area contributed by atoms with Gasteiger partial charge in [-0.25, -0.2) is 9.78 Å². The Bertz CT molecular complexity index is 860. The standard InChI is InChI=1S/C17H15N3O3S/c21-17(22)15-13-1-4-20(9-14-18-3-6-24-14)8-12(13)7-19-16(15)11-2-5-23-10-11/h2-3,5-7,10H,1,4,8-9H2,(H,21,22). The molecule has 0 atom stereocenters. The summed E-state index contributed by atoms with van der Waals surface area (Å²) in [6.07, 6.45) is 7.34. The van der Waals surface area contributed by atoms with Gasteiger partial charge in [0.2, 0.25) is 0 Å². The van der Waals surface area contributed by atoms with Crippen LogP contribution in [0.3, 0.4) is 0 Å². The molecule has 0 saturated heterocycles. The highest BCUT2D eigenvalue weighted by molar-refractivity contribution is 7.09. The second-order valence-electron chi connectivity index (χ2n) is 5.69. The van der Waals surface area contributed by atoms with Crippen molar-refractivity contribution in [3.8, 4) is 11.3 Å². The van der Waals surface area contributed by atoms with Crippen molar-refractivity contribution in [3.63, 3.8) is 0 Å². The molecule has 0 aromatic carbocycles. The molecule has 1 aliphatic rings. The van der Waals surface area contributed by atoms with Crippen LogP contribution in [-0.2, 0) is 19.5 Å². The third kappa shape index (κ3) is 2.72. The summed E-state index contributed by atoms with van der Waals surface area (Å²) < 4.78 is 5.08. The van der Waals surface area contributed by atoms with Crippen molar-refractivity contribution in [2.75, 3.05) is 6.54 Å². The molecule has 4 heterocycles. The van der Waals surface area contributed by atoms with Crippen molar-refractivity contribution in [2.24, 2.45) is 0 Å². The molecule has 0 unspecified atom stereocenters. The fraction of sp³-hybridized carbons (Fsp3) is 0.235. The van der Waals surface area contributed by atoms with Crippen LogP contribution in [0, 0.1) is 0 Å². The fourth-order valence-electron chi connectivity index (χ4n) is 3.11. The van der Waals surface area contributed by atoms with E-state index in [1.54, 1.807) is 29.8 Å². The van der Waals surface area contributed by atoms with E-state index in [0.29, 0.717) is 29.8 Å². The zero-order valence-electron chi connectivity index (χ0n) is 12.8. The highest BCUT2D eigenvalue weighted by atomic mass is 32.1. The molecule has 0 amide bonds. The Morgan fingerprint density at radius 1 is 1.42 bits per heavy atom. The van der Waals surface area contributed by atoms with Crippen molar-refractivity contribution in [3.05, 3.63) is 58.1 Å². The maximum Gasteiger partial charge on any atom is 0.338 e. The minimum atomic E-state index is -0.941. The number of aromatic nitrogens is 2. The zero-order chi connectivity index (χ0) is 16.5. The lowest BCUT2D eigenvalue weighted by Crippen LogP contribution is -2.31. The monoisotopic (exact) mass is 341 g/mol. The number of hydrogen-bond acceptors (Lipinski definition) is 6. The van der Waals surface area contributed by atoms with Crippen LogP contribution in [0.5, 0.6) is 0 Å². The summed E-state index contributed by atoms with van der Waals surface area (Å²) in [4.78, 5) is 22.8. The Morgan fingerprint density at radius 2 is 2.33 bits per heavy atom. The third-order valence-corrected chi connectivity index (χ3v) is 4.96. The van der Waals surface area contributed by atoms with Gasteiger partial charge in [0.15, 0.2) is 0 Å². The number of fused-ring (bicyclic) bond motifs is 1. The quantitative estimate of drug-likeness (QED) is 0.786. The van der Waals surface area contributed by atoms with Gasteiger partial charge >= 0.3 is 5.97 Å². The molecule has 0 saturated carbocycles. The summed E-state index contributed by atoms with van der Waals surface area (Å²) in [7, 11) is 0. The number of rotatable bonds is 4. The van der Waals surface area contributed by atoms with Gasteiger partial charge in [-0.15, -0.1) is 11.3 Å². The van der Waals surface area contributed by atoms with E-state index in [-0.39, 0.29) is 0 Å². The van der Waals surface area contributed by atoms with Gasteiger partial charge in [-0.2, -0.15) is 0 Å². The fourth-order valence-corrected chi connectivity index (χ4v) is 3.76. The van der Waals surface area contributed by atoms with Crippen LogP contribution >= 0.6 is 11.3 Å². The van der Waals surface area contributed by atoms with E-state index in [1.807, 2.05) is 5.38 Å². The van der Waals surface area contributed by atoms with Crippen molar-refractivity contribution in [1.82, 2.24) is 14.9 Å². The minimum Gasteiger partial charge on any atom is -0.478 e. The molecule has 1 aliphatic heterocycles. The smallest absolute Gasteiger partial charge is 0.338 e. The van der Waals surface area contributed by atoms with Crippen LogP contribution in [0.1, 0.15) is 26.5 Å². The van der Waals surface area contributed by atoms with Gasteiger partial charge in [0, 0.05) is 36.4 Å². The Morgan fingerprint density at radius 3 is 3.04 bits per heavy atom. The lowest BCUT2D eigenvalue weighted by atomic mass is 9.93. The highest BCUT2D eigenvalue weighted by Crippen LogP contribution is 2.30. The maximum absolute atomic E-state index is 11.8. The number of pyridine rings is 1. The molecule has 0 radical (unpaired) electrons. The number of furan rings is 1. The Hall–Kier alpha value is -2.51. The second kappa shape index (κ2) is 6.18. The van der Waals surface area contributed by atoms with E-state index < -0.39 is 5.97 Å². The van der Waals surface area contributed by atoms with E-state index in [4.69, 9.17) is 4.42 Å². The maximum atomic E-state index is 11.8. The van der Waals surface area contributed by atoms with E-state index in [9.17, 15) is 9.90 Å². The number of nitrogens with zero attached hydrogens (tertiary/aromatic N) is 3. The average molecular weight is 341 g/mol. The molecule has 4 rings (SSSR count). The Balaban J connectivity index is 1.68. The number of hydrogen-bond donors (Lipinski definition) is 1. The normalized spacial score (nSPS) is 14.5. The topological polar surface area (TPSA) is 79.5 Å². The highest BCUT2D eigenvalue weighted by Gasteiger charge is 2.26. The number of carbonyl (C=O) groups is 1. The van der Waals surface area contributed by atoms with Gasteiger partial charge in [-0.1, -0.05) is 0 Å². The van der Waals surface area contributed by atoms with Gasteiger partial charge in [0.25, 0.3) is 0 Å². The van der Waals surface area contributed by atoms with Gasteiger partial charge in [-0.05, 0) is 23.6 Å². The lowest BCUT2D eigenvalue weighted by Gasteiger charge is -2.29. The predicted molar refractivity (Wildman–Crippen MR) is 88.8 cm³/mol. The molecule has 3 aromatic heterocycles. The van der Waals surface area contributed by atoms with Crippen molar-refractivity contribution >= 4 is 17.3 Å². The van der Waals surface area contributed by atoms with Crippen LogP contribution in [0.4, 0.5) is 0 Å². The first kappa shape index (κ1) is 15.0. The van der Waals surface area contributed by atoms with Gasteiger partial charge in [-0.3, -0.25) is 9.88 Å². The van der Waals surface area contributed by atoms with Crippen molar-refractivity contribution < 1.29 is 14.3 Å². The summed E-state index contributed by atoms with van der Waals surface area (Å²) in [5.41, 5.74) is 3.32. The molecule has 3 aromatic rings. The largest absolute Gasteiger partial charge is 0.478 e. The number of aromatic carboxylic acids is 1. The summed E-state index contributed by atoms with van der Waals surface area (Å²) in [5, 5.41) is 12.7. The van der Waals surface area contributed by atoms with Gasteiger partial charge in [0.1, 0.15) is 5.01 Å². The number of thiazole rings is 1.